The average Bonchev–Trinajstić information content (AvgIpc) is 3.23. The lowest BCUT2D eigenvalue weighted by Crippen LogP contribution is -2.26. The number of benzene rings is 2. The number of hydrogen-bond donors (Lipinski definition) is 1. The first kappa shape index (κ1) is 18.3. The number of carbonyl (C=O) groups excluding carboxylic acids is 1. The zero-order valence-electron chi connectivity index (χ0n) is 15.6. The SMILES string of the molecule is Cc1ccc(C(=O)NCCc2csc3nc(-c4ccccc4F)nn23)c(C)c1. The van der Waals surface area contributed by atoms with Gasteiger partial charge in [-0.1, -0.05) is 29.8 Å². The molecule has 142 valence electrons. The minimum Gasteiger partial charge on any atom is -0.352 e. The van der Waals surface area contributed by atoms with E-state index in [9.17, 15) is 9.18 Å². The van der Waals surface area contributed by atoms with Gasteiger partial charge >= 0.3 is 0 Å². The highest BCUT2D eigenvalue weighted by Crippen LogP contribution is 2.23. The number of aromatic nitrogens is 3. The maximum absolute atomic E-state index is 14.0. The van der Waals surface area contributed by atoms with Gasteiger partial charge in [0.05, 0.1) is 11.3 Å². The van der Waals surface area contributed by atoms with E-state index in [0.29, 0.717) is 34.9 Å². The molecule has 28 heavy (non-hydrogen) atoms. The number of aryl methyl sites for hydroxylation is 2. The summed E-state index contributed by atoms with van der Waals surface area (Å²) in [6.07, 6.45) is 0.608. The van der Waals surface area contributed by atoms with Crippen LogP contribution in [0.25, 0.3) is 16.3 Å². The molecule has 0 bridgehead atoms. The van der Waals surface area contributed by atoms with Gasteiger partial charge in [0.2, 0.25) is 4.96 Å². The van der Waals surface area contributed by atoms with Crippen LogP contribution in [0.15, 0.2) is 47.8 Å². The standard InChI is InChI=1S/C21H19FN4OS/c1-13-7-8-16(14(2)11-13)20(27)23-10-9-15-12-28-21-24-19(25-26(15)21)17-5-3-4-6-18(17)22/h3-8,11-12H,9-10H2,1-2H3,(H,23,27). The number of rotatable bonds is 5. The summed E-state index contributed by atoms with van der Waals surface area (Å²) in [5.41, 5.74) is 4.08. The first-order valence-corrected chi connectivity index (χ1v) is 9.84. The summed E-state index contributed by atoms with van der Waals surface area (Å²) >= 11 is 1.45. The van der Waals surface area contributed by atoms with Gasteiger partial charge in [0.15, 0.2) is 5.82 Å². The molecule has 0 aliphatic carbocycles. The van der Waals surface area contributed by atoms with Crippen molar-refractivity contribution in [2.75, 3.05) is 6.54 Å². The van der Waals surface area contributed by atoms with Gasteiger partial charge < -0.3 is 5.32 Å². The molecule has 0 fully saturated rings. The molecule has 0 unspecified atom stereocenters. The minimum absolute atomic E-state index is 0.0883. The molecule has 0 saturated heterocycles. The van der Waals surface area contributed by atoms with E-state index >= 15 is 0 Å². The number of amides is 1. The van der Waals surface area contributed by atoms with E-state index in [1.165, 1.54) is 17.4 Å². The third kappa shape index (κ3) is 3.53. The van der Waals surface area contributed by atoms with Crippen molar-refractivity contribution in [1.29, 1.82) is 0 Å². The van der Waals surface area contributed by atoms with Gasteiger partial charge in [-0.05, 0) is 37.6 Å². The van der Waals surface area contributed by atoms with Gasteiger partial charge in [0.25, 0.3) is 5.91 Å². The van der Waals surface area contributed by atoms with Crippen molar-refractivity contribution in [3.05, 3.63) is 76.0 Å². The fraction of sp³-hybridized carbons (Fsp3) is 0.190. The van der Waals surface area contributed by atoms with Crippen LogP contribution in [-0.4, -0.2) is 27.0 Å². The monoisotopic (exact) mass is 394 g/mol. The van der Waals surface area contributed by atoms with E-state index in [-0.39, 0.29) is 11.7 Å². The van der Waals surface area contributed by atoms with E-state index in [4.69, 9.17) is 0 Å². The molecule has 2 aromatic carbocycles. The molecule has 0 saturated carbocycles. The largest absolute Gasteiger partial charge is 0.352 e. The van der Waals surface area contributed by atoms with Crippen molar-refractivity contribution in [2.24, 2.45) is 0 Å². The minimum atomic E-state index is -0.344. The molecule has 4 aromatic rings. The third-order valence-corrected chi connectivity index (χ3v) is 5.42. The molecular weight excluding hydrogens is 375 g/mol. The number of nitrogens with zero attached hydrogens (tertiary/aromatic N) is 3. The molecule has 4 rings (SSSR count). The van der Waals surface area contributed by atoms with E-state index in [0.717, 1.165) is 16.8 Å². The van der Waals surface area contributed by atoms with Gasteiger partial charge in [0, 0.05) is 23.9 Å². The number of nitrogens with one attached hydrogen (secondary N) is 1. The van der Waals surface area contributed by atoms with Crippen LogP contribution in [0.4, 0.5) is 4.39 Å². The number of halogens is 1. The van der Waals surface area contributed by atoms with Gasteiger partial charge in [-0.3, -0.25) is 4.79 Å². The lowest BCUT2D eigenvalue weighted by Gasteiger charge is -2.08. The second kappa shape index (κ2) is 7.52. The summed E-state index contributed by atoms with van der Waals surface area (Å²) in [4.78, 5) is 17.5. The molecule has 0 atom stereocenters. The van der Waals surface area contributed by atoms with Crippen molar-refractivity contribution in [2.45, 2.75) is 20.3 Å². The van der Waals surface area contributed by atoms with Crippen LogP contribution >= 0.6 is 11.3 Å². The molecule has 7 heteroatoms. The zero-order valence-corrected chi connectivity index (χ0v) is 16.4. The number of thiazole rings is 1. The Morgan fingerprint density at radius 1 is 1.21 bits per heavy atom. The quantitative estimate of drug-likeness (QED) is 0.552. The van der Waals surface area contributed by atoms with E-state index in [1.807, 2.05) is 37.4 Å². The predicted octanol–water partition coefficient (Wildman–Crippen LogP) is 4.19. The Morgan fingerprint density at radius 2 is 2.04 bits per heavy atom. The van der Waals surface area contributed by atoms with Gasteiger partial charge in [-0.2, -0.15) is 4.98 Å². The van der Waals surface area contributed by atoms with Crippen LogP contribution in [0.1, 0.15) is 27.2 Å². The lowest BCUT2D eigenvalue weighted by atomic mass is 10.1. The number of carbonyl (C=O) groups is 1. The van der Waals surface area contributed by atoms with Crippen LogP contribution in [0.3, 0.4) is 0 Å². The lowest BCUT2D eigenvalue weighted by molar-refractivity contribution is 0.0953. The Balaban J connectivity index is 1.47. The van der Waals surface area contributed by atoms with E-state index in [1.54, 1.807) is 22.7 Å². The van der Waals surface area contributed by atoms with Crippen molar-refractivity contribution in [3.8, 4) is 11.4 Å². The van der Waals surface area contributed by atoms with Gasteiger partial charge in [-0.25, -0.2) is 8.91 Å². The van der Waals surface area contributed by atoms with Crippen LogP contribution < -0.4 is 5.32 Å². The molecular formula is C21H19FN4OS. The summed E-state index contributed by atoms with van der Waals surface area (Å²) in [7, 11) is 0. The highest BCUT2D eigenvalue weighted by atomic mass is 32.1. The van der Waals surface area contributed by atoms with Gasteiger partial charge in [0.1, 0.15) is 5.82 Å². The van der Waals surface area contributed by atoms with Gasteiger partial charge in [-0.15, -0.1) is 16.4 Å². The normalized spacial score (nSPS) is 11.1. The fourth-order valence-electron chi connectivity index (χ4n) is 3.12. The second-order valence-corrected chi connectivity index (χ2v) is 7.50. The van der Waals surface area contributed by atoms with E-state index < -0.39 is 0 Å². The topological polar surface area (TPSA) is 59.3 Å². The molecule has 0 spiro atoms. The highest BCUT2D eigenvalue weighted by molar-refractivity contribution is 7.15. The maximum Gasteiger partial charge on any atom is 0.251 e. The van der Waals surface area contributed by atoms with Crippen molar-refractivity contribution in [1.82, 2.24) is 19.9 Å². The molecule has 1 amide bonds. The number of hydrogen-bond acceptors (Lipinski definition) is 4. The zero-order chi connectivity index (χ0) is 19.7. The van der Waals surface area contributed by atoms with Crippen molar-refractivity contribution < 1.29 is 9.18 Å². The summed E-state index contributed by atoms with van der Waals surface area (Å²) in [6, 6.07) is 12.2. The highest BCUT2D eigenvalue weighted by Gasteiger charge is 2.14. The Bertz CT molecular complexity index is 1160. The second-order valence-electron chi connectivity index (χ2n) is 6.66. The fourth-order valence-corrected chi connectivity index (χ4v) is 3.98. The predicted molar refractivity (Wildman–Crippen MR) is 108 cm³/mol. The molecule has 1 N–H and O–H groups in total. The first-order chi connectivity index (χ1) is 13.5. The molecule has 0 aliphatic rings. The average molecular weight is 394 g/mol. The summed E-state index contributed by atoms with van der Waals surface area (Å²) < 4.78 is 15.7. The van der Waals surface area contributed by atoms with Crippen molar-refractivity contribution in [3.63, 3.8) is 0 Å². The van der Waals surface area contributed by atoms with Crippen LogP contribution in [0, 0.1) is 19.7 Å². The summed E-state index contributed by atoms with van der Waals surface area (Å²) in [6.45, 7) is 4.42. The van der Waals surface area contributed by atoms with Crippen LogP contribution in [0.5, 0.6) is 0 Å². The first-order valence-electron chi connectivity index (χ1n) is 8.96. The Labute approximate surface area is 165 Å². The Morgan fingerprint density at radius 3 is 2.82 bits per heavy atom. The van der Waals surface area contributed by atoms with E-state index in [2.05, 4.69) is 15.4 Å². The maximum atomic E-state index is 14.0. The third-order valence-electron chi connectivity index (χ3n) is 4.56. The molecule has 0 aliphatic heterocycles. The summed E-state index contributed by atoms with van der Waals surface area (Å²) in [5.74, 6) is -0.0665. The van der Waals surface area contributed by atoms with Crippen LogP contribution in [-0.2, 0) is 6.42 Å². The summed E-state index contributed by atoms with van der Waals surface area (Å²) in [5, 5.41) is 9.36. The van der Waals surface area contributed by atoms with Crippen LogP contribution in [0.2, 0.25) is 0 Å². The molecule has 2 heterocycles. The molecule has 5 nitrogen and oxygen atoms in total. The smallest absolute Gasteiger partial charge is 0.251 e. The molecule has 2 aromatic heterocycles. The molecule has 0 radical (unpaired) electrons. The Kier molecular flexibility index (Phi) is 4.92. The Hall–Kier alpha value is -3.06. The number of fused-ring (bicyclic) bond motifs is 1. The van der Waals surface area contributed by atoms with Crippen molar-refractivity contribution >= 4 is 22.2 Å².